The molecule has 1 heterocycles. The van der Waals surface area contributed by atoms with Crippen molar-refractivity contribution in [2.45, 2.75) is 17.9 Å². The highest BCUT2D eigenvalue weighted by molar-refractivity contribution is 7.99. The van der Waals surface area contributed by atoms with E-state index in [0.717, 1.165) is 17.0 Å². The Hall–Kier alpha value is -1.61. The van der Waals surface area contributed by atoms with Crippen molar-refractivity contribution in [3.05, 3.63) is 53.6 Å². The first-order valence-electron chi connectivity index (χ1n) is 6.02. The van der Waals surface area contributed by atoms with Crippen LogP contribution in [0, 0.1) is 6.92 Å². The zero-order chi connectivity index (χ0) is 12.5. The van der Waals surface area contributed by atoms with Gasteiger partial charge in [-0.1, -0.05) is 18.2 Å². The molecule has 2 N–H and O–H groups in total. The van der Waals surface area contributed by atoms with Gasteiger partial charge in [0.1, 0.15) is 5.75 Å². The smallest absolute Gasteiger partial charge is 0.118 e. The van der Waals surface area contributed by atoms with E-state index in [1.807, 2.05) is 30.8 Å². The molecule has 0 aliphatic carbocycles. The fraction of sp³-hybridized carbons (Fsp3) is 0.200. The molecular formula is C15H15NOS. The van der Waals surface area contributed by atoms with Crippen LogP contribution in [0.5, 0.6) is 5.75 Å². The average Bonchev–Trinajstić information content (AvgIpc) is 2.78. The summed E-state index contributed by atoms with van der Waals surface area (Å²) in [7, 11) is 0. The minimum Gasteiger partial charge on any atom is -0.508 e. The van der Waals surface area contributed by atoms with Crippen molar-refractivity contribution < 1.29 is 5.11 Å². The van der Waals surface area contributed by atoms with Crippen LogP contribution >= 0.6 is 11.8 Å². The summed E-state index contributed by atoms with van der Waals surface area (Å²) in [6.45, 7) is 1.91. The third-order valence-electron chi connectivity index (χ3n) is 3.24. The average molecular weight is 257 g/mol. The Morgan fingerprint density at radius 2 is 2.06 bits per heavy atom. The summed E-state index contributed by atoms with van der Waals surface area (Å²) < 4.78 is 0. The van der Waals surface area contributed by atoms with Crippen LogP contribution in [0.1, 0.15) is 17.2 Å². The van der Waals surface area contributed by atoms with Crippen LogP contribution < -0.4 is 5.32 Å². The molecule has 92 valence electrons. The fourth-order valence-corrected chi connectivity index (χ4v) is 3.39. The molecule has 2 nitrogen and oxygen atoms in total. The van der Waals surface area contributed by atoms with Gasteiger partial charge in [0.05, 0.1) is 6.04 Å². The molecule has 0 bridgehead atoms. The molecule has 0 saturated carbocycles. The molecule has 1 unspecified atom stereocenters. The molecule has 1 aliphatic rings. The second kappa shape index (κ2) is 4.58. The summed E-state index contributed by atoms with van der Waals surface area (Å²) in [5, 5.41) is 13.1. The van der Waals surface area contributed by atoms with Crippen molar-refractivity contribution in [2.75, 3.05) is 11.1 Å². The van der Waals surface area contributed by atoms with Gasteiger partial charge in [0.2, 0.25) is 0 Å². The lowest BCUT2D eigenvalue weighted by molar-refractivity contribution is 0.471. The Labute approximate surface area is 111 Å². The third kappa shape index (κ3) is 2.06. The summed E-state index contributed by atoms with van der Waals surface area (Å²) >= 11 is 1.89. The van der Waals surface area contributed by atoms with E-state index in [9.17, 15) is 5.11 Å². The predicted octanol–water partition coefficient (Wildman–Crippen LogP) is 3.96. The topological polar surface area (TPSA) is 32.3 Å². The van der Waals surface area contributed by atoms with Gasteiger partial charge in [0.15, 0.2) is 0 Å². The molecule has 0 amide bonds. The Morgan fingerprint density at radius 1 is 1.22 bits per heavy atom. The zero-order valence-corrected chi connectivity index (χ0v) is 11.0. The highest BCUT2D eigenvalue weighted by Crippen LogP contribution is 2.39. The van der Waals surface area contributed by atoms with E-state index in [0.29, 0.717) is 11.8 Å². The molecule has 0 radical (unpaired) electrons. The van der Waals surface area contributed by atoms with Crippen molar-refractivity contribution in [1.29, 1.82) is 0 Å². The van der Waals surface area contributed by atoms with Gasteiger partial charge < -0.3 is 10.4 Å². The highest BCUT2D eigenvalue weighted by atomic mass is 32.2. The number of hydrogen-bond donors (Lipinski definition) is 2. The molecule has 18 heavy (non-hydrogen) atoms. The molecule has 2 aromatic carbocycles. The van der Waals surface area contributed by atoms with Crippen molar-refractivity contribution in [3.63, 3.8) is 0 Å². The van der Waals surface area contributed by atoms with E-state index < -0.39 is 0 Å². The molecule has 0 aromatic heterocycles. The standard InChI is InChI=1S/C15H15NOS/c1-10-8-11(6-7-14(10)17)16-13-9-18-15-5-3-2-4-12(13)15/h2-8,13,16-17H,9H2,1H3. The second-order valence-electron chi connectivity index (χ2n) is 4.55. The normalized spacial score (nSPS) is 17.5. The molecule has 0 fully saturated rings. The first kappa shape index (κ1) is 11.5. The number of fused-ring (bicyclic) bond motifs is 1. The predicted molar refractivity (Wildman–Crippen MR) is 76.4 cm³/mol. The maximum atomic E-state index is 9.53. The van der Waals surface area contributed by atoms with E-state index in [4.69, 9.17) is 0 Å². The quantitative estimate of drug-likeness (QED) is 0.799. The second-order valence-corrected chi connectivity index (χ2v) is 5.61. The first-order valence-corrected chi connectivity index (χ1v) is 7.00. The number of hydrogen-bond acceptors (Lipinski definition) is 3. The number of rotatable bonds is 2. The van der Waals surface area contributed by atoms with Crippen LogP contribution in [-0.2, 0) is 0 Å². The lowest BCUT2D eigenvalue weighted by Crippen LogP contribution is -2.09. The van der Waals surface area contributed by atoms with Crippen molar-refractivity contribution in [2.24, 2.45) is 0 Å². The number of aryl methyl sites for hydroxylation is 1. The van der Waals surface area contributed by atoms with Crippen molar-refractivity contribution in [1.82, 2.24) is 0 Å². The Bertz CT molecular complexity index is 582. The monoisotopic (exact) mass is 257 g/mol. The highest BCUT2D eigenvalue weighted by Gasteiger charge is 2.22. The molecule has 2 aromatic rings. The SMILES string of the molecule is Cc1cc(NC2CSc3ccccc32)ccc1O. The fourth-order valence-electron chi connectivity index (χ4n) is 2.23. The lowest BCUT2D eigenvalue weighted by Gasteiger charge is -2.15. The van der Waals surface area contributed by atoms with Crippen molar-refractivity contribution in [3.8, 4) is 5.75 Å². The van der Waals surface area contributed by atoms with Gasteiger partial charge in [-0.15, -0.1) is 11.8 Å². The van der Waals surface area contributed by atoms with E-state index >= 15 is 0 Å². The summed E-state index contributed by atoms with van der Waals surface area (Å²) in [4.78, 5) is 1.37. The summed E-state index contributed by atoms with van der Waals surface area (Å²) in [6.07, 6.45) is 0. The maximum Gasteiger partial charge on any atom is 0.118 e. The van der Waals surface area contributed by atoms with Crippen LogP contribution in [-0.4, -0.2) is 10.9 Å². The molecular weight excluding hydrogens is 242 g/mol. The van der Waals surface area contributed by atoms with Crippen molar-refractivity contribution >= 4 is 17.4 Å². The number of thioether (sulfide) groups is 1. The summed E-state index contributed by atoms with van der Waals surface area (Å²) in [6, 6.07) is 14.5. The maximum absolute atomic E-state index is 9.53. The third-order valence-corrected chi connectivity index (χ3v) is 4.42. The lowest BCUT2D eigenvalue weighted by atomic mass is 10.1. The Morgan fingerprint density at radius 3 is 2.89 bits per heavy atom. The van der Waals surface area contributed by atoms with Gasteiger partial charge >= 0.3 is 0 Å². The van der Waals surface area contributed by atoms with E-state index in [-0.39, 0.29) is 0 Å². The number of phenolic OH excluding ortho intramolecular Hbond substituents is 1. The van der Waals surface area contributed by atoms with Crippen LogP contribution in [0.25, 0.3) is 0 Å². The van der Waals surface area contributed by atoms with E-state index in [2.05, 4.69) is 29.6 Å². The molecule has 0 saturated heterocycles. The minimum absolute atomic E-state index is 0.349. The van der Waals surface area contributed by atoms with Gasteiger partial charge in [0.25, 0.3) is 0 Å². The van der Waals surface area contributed by atoms with Crippen LogP contribution in [0.4, 0.5) is 5.69 Å². The van der Waals surface area contributed by atoms with Crippen LogP contribution in [0.3, 0.4) is 0 Å². The van der Waals surface area contributed by atoms with Gasteiger partial charge in [-0.05, 0) is 42.3 Å². The minimum atomic E-state index is 0.349. The number of phenols is 1. The van der Waals surface area contributed by atoms with Crippen LogP contribution in [0.15, 0.2) is 47.4 Å². The van der Waals surface area contributed by atoms with E-state index in [1.54, 1.807) is 6.07 Å². The number of nitrogens with one attached hydrogen (secondary N) is 1. The molecule has 1 aliphatic heterocycles. The zero-order valence-electron chi connectivity index (χ0n) is 10.2. The van der Waals surface area contributed by atoms with Gasteiger partial charge in [-0.2, -0.15) is 0 Å². The largest absolute Gasteiger partial charge is 0.508 e. The first-order chi connectivity index (χ1) is 8.74. The van der Waals surface area contributed by atoms with E-state index in [1.165, 1.54) is 10.5 Å². The van der Waals surface area contributed by atoms with Gasteiger partial charge in [-0.3, -0.25) is 0 Å². The van der Waals surface area contributed by atoms with Gasteiger partial charge in [-0.25, -0.2) is 0 Å². The van der Waals surface area contributed by atoms with Gasteiger partial charge in [0, 0.05) is 16.3 Å². The molecule has 3 rings (SSSR count). The molecule has 3 heteroatoms. The molecule has 1 atom stereocenters. The Balaban J connectivity index is 1.84. The number of benzene rings is 2. The summed E-state index contributed by atoms with van der Waals surface area (Å²) in [5.74, 6) is 1.40. The number of aromatic hydroxyl groups is 1. The summed E-state index contributed by atoms with van der Waals surface area (Å²) in [5.41, 5.74) is 3.33. The number of anilines is 1. The Kier molecular flexibility index (Phi) is 2.92. The van der Waals surface area contributed by atoms with Crippen LogP contribution in [0.2, 0.25) is 0 Å². The molecule has 0 spiro atoms.